The molecule has 0 bridgehead atoms. The largest absolute Gasteiger partial charge is 0.467 e. The maximum Gasteiger partial charge on any atom is 0.331 e. The third-order valence-corrected chi connectivity index (χ3v) is 3.24. The van der Waals surface area contributed by atoms with Crippen molar-refractivity contribution in [2.45, 2.75) is 45.1 Å². The van der Waals surface area contributed by atoms with Crippen LogP contribution >= 0.6 is 0 Å². The second kappa shape index (κ2) is 4.64. The van der Waals surface area contributed by atoms with E-state index in [9.17, 15) is 9.59 Å². The summed E-state index contributed by atoms with van der Waals surface area (Å²) in [4.78, 5) is 25.2. The Balaban J connectivity index is 2.96. The minimum atomic E-state index is -0.693. The normalized spacial score (nSPS) is 25.4. The lowest BCUT2D eigenvalue weighted by Gasteiger charge is -2.34. The summed E-state index contributed by atoms with van der Waals surface area (Å²) in [6.45, 7) is 4.42. The summed E-state index contributed by atoms with van der Waals surface area (Å²) in [5, 5.41) is 0. The quantitative estimate of drug-likeness (QED) is 0.665. The first-order valence-corrected chi connectivity index (χ1v) is 5.51. The summed E-state index contributed by atoms with van der Waals surface area (Å²) in [5.74, 6) is -0.232. The van der Waals surface area contributed by atoms with Crippen molar-refractivity contribution in [3.63, 3.8) is 0 Å². The standard InChI is InChI=1S/C11H19NO3/c1-4-9(13)12-8-6-7-11(12,5-2)10(14)15-3/h4-8H2,1-3H3. The van der Waals surface area contributed by atoms with Crippen molar-refractivity contribution in [1.29, 1.82) is 0 Å². The predicted molar refractivity (Wildman–Crippen MR) is 56.3 cm³/mol. The van der Waals surface area contributed by atoms with Crippen molar-refractivity contribution in [3.8, 4) is 0 Å². The van der Waals surface area contributed by atoms with Crippen LogP contribution in [0.4, 0.5) is 0 Å². The van der Waals surface area contributed by atoms with Gasteiger partial charge in [0.2, 0.25) is 5.91 Å². The average Bonchev–Trinajstić information content (AvgIpc) is 2.71. The fourth-order valence-corrected chi connectivity index (χ4v) is 2.35. The smallest absolute Gasteiger partial charge is 0.331 e. The number of rotatable bonds is 3. The summed E-state index contributed by atoms with van der Waals surface area (Å²) in [6.07, 6.45) is 2.68. The Morgan fingerprint density at radius 3 is 2.53 bits per heavy atom. The van der Waals surface area contributed by atoms with Gasteiger partial charge in [0, 0.05) is 13.0 Å². The minimum absolute atomic E-state index is 0.0414. The van der Waals surface area contributed by atoms with Crippen LogP contribution in [0.2, 0.25) is 0 Å². The Kier molecular flexibility index (Phi) is 3.72. The molecule has 1 fully saturated rings. The van der Waals surface area contributed by atoms with Crippen molar-refractivity contribution in [1.82, 2.24) is 4.90 Å². The minimum Gasteiger partial charge on any atom is -0.467 e. The van der Waals surface area contributed by atoms with Crippen LogP contribution in [0.15, 0.2) is 0 Å². The topological polar surface area (TPSA) is 46.6 Å². The van der Waals surface area contributed by atoms with Crippen LogP contribution in [0.1, 0.15) is 39.5 Å². The maximum absolute atomic E-state index is 11.8. The molecule has 0 aromatic carbocycles. The predicted octanol–water partition coefficient (Wildman–Crippen LogP) is 1.34. The van der Waals surface area contributed by atoms with Gasteiger partial charge in [0.05, 0.1) is 7.11 Å². The SMILES string of the molecule is CCC(=O)N1CCCC1(CC)C(=O)OC. The summed E-state index contributed by atoms with van der Waals surface area (Å²) in [6, 6.07) is 0. The van der Waals surface area contributed by atoms with Gasteiger partial charge in [-0.2, -0.15) is 0 Å². The number of carbonyl (C=O) groups excluding carboxylic acids is 2. The molecule has 1 heterocycles. The first-order chi connectivity index (χ1) is 7.12. The third kappa shape index (κ3) is 1.85. The molecule has 0 saturated carbocycles. The number of carbonyl (C=O) groups is 2. The van der Waals surface area contributed by atoms with E-state index in [1.807, 2.05) is 13.8 Å². The molecule has 0 aliphatic carbocycles. The van der Waals surface area contributed by atoms with E-state index >= 15 is 0 Å². The van der Waals surface area contributed by atoms with Crippen molar-refractivity contribution >= 4 is 11.9 Å². The van der Waals surface area contributed by atoms with Crippen LogP contribution in [0.25, 0.3) is 0 Å². The van der Waals surface area contributed by atoms with Gasteiger partial charge in [-0.15, -0.1) is 0 Å². The summed E-state index contributed by atoms with van der Waals surface area (Å²) in [5.41, 5.74) is -0.693. The highest BCUT2D eigenvalue weighted by Crippen LogP contribution is 2.34. The van der Waals surface area contributed by atoms with Crippen LogP contribution in [0, 0.1) is 0 Å². The van der Waals surface area contributed by atoms with E-state index in [0.29, 0.717) is 19.4 Å². The van der Waals surface area contributed by atoms with Gasteiger partial charge in [-0.25, -0.2) is 4.79 Å². The van der Waals surface area contributed by atoms with Crippen LogP contribution in [-0.2, 0) is 14.3 Å². The molecular weight excluding hydrogens is 194 g/mol. The lowest BCUT2D eigenvalue weighted by atomic mass is 9.92. The van der Waals surface area contributed by atoms with Gasteiger partial charge in [-0.1, -0.05) is 13.8 Å². The zero-order chi connectivity index (χ0) is 11.5. The molecule has 4 heteroatoms. The van der Waals surface area contributed by atoms with E-state index in [0.717, 1.165) is 12.8 Å². The molecule has 0 spiro atoms. The second-order valence-electron chi connectivity index (χ2n) is 3.88. The Labute approximate surface area is 90.6 Å². The van der Waals surface area contributed by atoms with Crippen LogP contribution in [-0.4, -0.2) is 36.0 Å². The first kappa shape index (κ1) is 12.0. The highest BCUT2D eigenvalue weighted by molar-refractivity contribution is 5.88. The maximum atomic E-state index is 11.8. The average molecular weight is 213 g/mol. The van der Waals surface area contributed by atoms with Gasteiger partial charge in [0.15, 0.2) is 0 Å². The van der Waals surface area contributed by atoms with E-state index in [2.05, 4.69) is 0 Å². The number of hydrogen-bond acceptors (Lipinski definition) is 3. The summed E-state index contributed by atoms with van der Waals surface area (Å²) >= 11 is 0. The fourth-order valence-electron chi connectivity index (χ4n) is 2.35. The molecule has 1 saturated heterocycles. The molecule has 1 rings (SSSR count). The highest BCUT2D eigenvalue weighted by Gasteiger charge is 2.48. The van der Waals surface area contributed by atoms with Crippen LogP contribution in [0.3, 0.4) is 0 Å². The van der Waals surface area contributed by atoms with Crippen LogP contribution in [0.5, 0.6) is 0 Å². The number of ether oxygens (including phenoxy) is 1. The molecule has 1 unspecified atom stereocenters. The van der Waals surface area contributed by atoms with Gasteiger partial charge in [0.25, 0.3) is 0 Å². The third-order valence-electron chi connectivity index (χ3n) is 3.24. The number of esters is 1. The molecule has 1 amide bonds. The zero-order valence-corrected chi connectivity index (χ0v) is 9.71. The first-order valence-electron chi connectivity index (χ1n) is 5.51. The molecule has 0 radical (unpaired) electrons. The molecule has 0 aromatic heterocycles. The second-order valence-corrected chi connectivity index (χ2v) is 3.88. The molecule has 86 valence electrons. The Morgan fingerprint density at radius 2 is 2.07 bits per heavy atom. The van der Waals surface area contributed by atoms with E-state index in [4.69, 9.17) is 4.74 Å². The molecular formula is C11H19NO3. The zero-order valence-electron chi connectivity index (χ0n) is 9.71. The summed E-state index contributed by atoms with van der Waals surface area (Å²) < 4.78 is 4.82. The molecule has 1 aliphatic rings. The van der Waals surface area contributed by atoms with Crippen LogP contribution < -0.4 is 0 Å². The lowest BCUT2D eigenvalue weighted by molar-refractivity contribution is -0.159. The van der Waals surface area contributed by atoms with Crippen molar-refractivity contribution in [3.05, 3.63) is 0 Å². The highest BCUT2D eigenvalue weighted by atomic mass is 16.5. The number of nitrogens with zero attached hydrogens (tertiary/aromatic N) is 1. The molecule has 0 N–H and O–H groups in total. The Bertz CT molecular complexity index is 265. The van der Waals surface area contributed by atoms with E-state index in [1.165, 1.54) is 7.11 Å². The van der Waals surface area contributed by atoms with Crippen molar-refractivity contribution in [2.75, 3.05) is 13.7 Å². The van der Waals surface area contributed by atoms with E-state index in [-0.39, 0.29) is 11.9 Å². The van der Waals surface area contributed by atoms with Crippen molar-refractivity contribution < 1.29 is 14.3 Å². The van der Waals surface area contributed by atoms with Gasteiger partial charge in [-0.05, 0) is 19.3 Å². The Morgan fingerprint density at radius 1 is 1.40 bits per heavy atom. The number of amides is 1. The van der Waals surface area contributed by atoms with Gasteiger partial charge >= 0.3 is 5.97 Å². The van der Waals surface area contributed by atoms with E-state index < -0.39 is 5.54 Å². The molecule has 15 heavy (non-hydrogen) atoms. The Hall–Kier alpha value is -1.06. The number of methoxy groups -OCH3 is 1. The fraction of sp³-hybridized carbons (Fsp3) is 0.818. The van der Waals surface area contributed by atoms with E-state index in [1.54, 1.807) is 4.90 Å². The lowest BCUT2D eigenvalue weighted by Crippen LogP contribution is -2.53. The number of hydrogen-bond donors (Lipinski definition) is 0. The summed E-state index contributed by atoms with van der Waals surface area (Å²) in [7, 11) is 1.38. The van der Waals surface area contributed by atoms with Gasteiger partial charge in [-0.3, -0.25) is 4.79 Å². The number of likely N-dealkylation sites (tertiary alicyclic amines) is 1. The monoisotopic (exact) mass is 213 g/mol. The molecule has 1 atom stereocenters. The molecule has 4 nitrogen and oxygen atoms in total. The molecule has 1 aliphatic heterocycles. The molecule has 0 aromatic rings. The van der Waals surface area contributed by atoms with Gasteiger partial charge < -0.3 is 9.64 Å². The van der Waals surface area contributed by atoms with Gasteiger partial charge in [0.1, 0.15) is 5.54 Å². The van der Waals surface area contributed by atoms with Crippen molar-refractivity contribution in [2.24, 2.45) is 0 Å².